The first-order valence-electron chi connectivity index (χ1n) is 3.72. The van der Waals surface area contributed by atoms with Gasteiger partial charge in [0, 0.05) is 5.41 Å². The van der Waals surface area contributed by atoms with Crippen molar-refractivity contribution in [2.24, 2.45) is 27.5 Å². The molecule has 12 heavy (non-hydrogen) atoms. The fourth-order valence-corrected chi connectivity index (χ4v) is 0.545. The topological polar surface area (TPSA) is 101 Å². The summed E-state index contributed by atoms with van der Waals surface area (Å²) in [5.41, 5.74) is 4.73. The van der Waals surface area contributed by atoms with E-state index in [9.17, 15) is 0 Å². The largest absolute Gasteiger partial charge is 0.303 e. The van der Waals surface area contributed by atoms with Crippen LogP contribution in [0, 0.1) is 5.41 Å². The summed E-state index contributed by atoms with van der Waals surface area (Å²) in [5.74, 6) is 10.2. The lowest BCUT2D eigenvalue weighted by Crippen LogP contribution is -2.63. The molecule has 1 atom stereocenters. The van der Waals surface area contributed by atoms with Gasteiger partial charge >= 0.3 is 0 Å². The maximum Gasteiger partial charge on any atom is 0.120 e. The standard InChI is InChI=1S/C6H18N6/c1-5(2,3)6(4,9-7)10-12-11-8/h9H,7H2,1-4H3,(H2,8,12)(H,10,11)/t6-/m1/s1. The predicted octanol–water partition coefficient (Wildman–Crippen LogP) is 0.0425. The summed E-state index contributed by atoms with van der Waals surface area (Å²) in [6.07, 6.45) is 0. The van der Waals surface area contributed by atoms with Crippen molar-refractivity contribution in [1.82, 2.24) is 10.9 Å². The molecule has 6 heteroatoms. The number of nitrogens with two attached hydrogens (primary N) is 2. The van der Waals surface area contributed by atoms with E-state index in [0.29, 0.717) is 0 Å². The van der Waals surface area contributed by atoms with Crippen molar-refractivity contribution in [3.63, 3.8) is 0 Å². The molecule has 0 bridgehead atoms. The Bertz CT molecular complexity index is 160. The summed E-state index contributed by atoms with van der Waals surface area (Å²) in [7, 11) is 0. The van der Waals surface area contributed by atoms with Gasteiger partial charge < -0.3 is 5.84 Å². The Balaban J connectivity index is 4.45. The van der Waals surface area contributed by atoms with Crippen molar-refractivity contribution < 1.29 is 0 Å². The summed E-state index contributed by atoms with van der Waals surface area (Å²) in [6, 6.07) is 0. The Morgan fingerprint density at radius 3 is 1.92 bits per heavy atom. The van der Waals surface area contributed by atoms with Crippen LogP contribution in [0.1, 0.15) is 27.7 Å². The molecule has 0 unspecified atom stereocenters. The Hall–Kier alpha value is -0.880. The monoisotopic (exact) mass is 174 g/mol. The van der Waals surface area contributed by atoms with E-state index in [-0.39, 0.29) is 5.41 Å². The minimum atomic E-state index is -0.532. The van der Waals surface area contributed by atoms with Crippen molar-refractivity contribution in [2.75, 3.05) is 0 Å². The van der Waals surface area contributed by atoms with Crippen LogP contribution < -0.4 is 22.5 Å². The van der Waals surface area contributed by atoms with E-state index < -0.39 is 5.66 Å². The van der Waals surface area contributed by atoms with Gasteiger partial charge in [-0.25, -0.2) is 5.43 Å². The second-order valence-corrected chi connectivity index (χ2v) is 3.85. The van der Waals surface area contributed by atoms with Crippen molar-refractivity contribution in [2.45, 2.75) is 33.4 Å². The number of hydrazine groups is 1. The third-order valence-electron chi connectivity index (χ3n) is 2.12. The van der Waals surface area contributed by atoms with Crippen LogP contribution in [0.3, 0.4) is 0 Å². The van der Waals surface area contributed by atoms with Gasteiger partial charge in [-0.15, -0.1) is 0 Å². The highest BCUT2D eigenvalue weighted by Crippen LogP contribution is 2.26. The molecule has 0 radical (unpaired) electrons. The molecule has 0 heterocycles. The molecule has 0 aliphatic rings. The van der Waals surface area contributed by atoms with Gasteiger partial charge in [0.15, 0.2) is 0 Å². The zero-order valence-corrected chi connectivity index (χ0v) is 8.05. The van der Waals surface area contributed by atoms with Crippen LogP contribution in [-0.2, 0) is 0 Å². The van der Waals surface area contributed by atoms with Gasteiger partial charge in [-0.2, -0.15) is 0 Å². The number of rotatable bonds is 3. The maximum atomic E-state index is 5.38. The molecule has 6 N–H and O–H groups in total. The zero-order chi connectivity index (χ0) is 9.83. The van der Waals surface area contributed by atoms with Crippen LogP contribution >= 0.6 is 0 Å². The minimum Gasteiger partial charge on any atom is -0.303 e. The summed E-state index contributed by atoms with van der Waals surface area (Å²) >= 11 is 0. The second kappa shape index (κ2) is 3.68. The summed E-state index contributed by atoms with van der Waals surface area (Å²) < 4.78 is 0. The van der Waals surface area contributed by atoms with Crippen LogP contribution in [0.4, 0.5) is 0 Å². The molecule has 0 rings (SSSR count). The van der Waals surface area contributed by atoms with Gasteiger partial charge in [-0.1, -0.05) is 31.2 Å². The molecule has 0 fully saturated rings. The highest BCUT2D eigenvalue weighted by molar-refractivity contribution is 4.88. The van der Waals surface area contributed by atoms with Crippen LogP contribution in [0.15, 0.2) is 10.4 Å². The molecule has 0 aromatic carbocycles. The fraction of sp³-hybridized carbons (Fsp3) is 1.00. The van der Waals surface area contributed by atoms with Crippen LogP contribution in [-0.4, -0.2) is 5.66 Å². The zero-order valence-electron chi connectivity index (χ0n) is 8.05. The Kier molecular flexibility index (Phi) is 3.41. The molecule has 0 aliphatic carbocycles. The lowest BCUT2D eigenvalue weighted by Gasteiger charge is -2.40. The van der Waals surface area contributed by atoms with Crippen LogP contribution in [0.2, 0.25) is 0 Å². The maximum absolute atomic E-state index is 5.38. The van der Waals surface area contributed by atoms with Gasteiger partial charge in [0.25, 0.3) is 0 Å². The third kappa shape index (κ3) is 2.31. The summed E-state index contributed by atoms with van der Waals surface area (Å²) in [6.45, 7) is 7.94. The lowest BCUT2D eigenvalue weighted by atomic mass is 9.82. The number of nitrogens with zero attached hydrogens (tertiary/aromatic N) is 2. The average Bonchev–Trinajstić information content (AvgIpc) is 1.98. The van der Waals surface area contributed by atoms with Crippen LogP contribution in [0.5, 0.6) is 0 Å². The van der Waals surface area contributed by atoms with Gasteiger partial charge in [0.2, 0.25) is 0 Å². The summed E-state index contributed by atoms with van der Waals surface area (Å²) in [5, 5.41) is 6.59. The predicted molar refractivity (Wildman–Crippen MR) is 47.4 cm³/mol. The fourth-order valence-electron chi connectivity index (χ4n) is 0.545. The van der Waals surface area contributed by atoms with Crippen molar-refractivity contribution in [3.05, 3.63) is 0 Å². The number of hydrogen-bond donors (Lipinski definition) is 4. The molecule has 0 saturated carbocycles. The Morgan fingerprint density at radius 2 is 1.67 bits per heavy atom. The van der Waals surface area contributed by atoms with E-state index in [4.69, 9.17) is 11.7 Å². The van der Waals surface area contributed by atoms with E-state index in [2.05, 4.69) is 21.3 Å². The first kappa shape index (κ1) is 11.1. The molecule has 0 saturated heterocycles. The lowest BCUT2D eigenvalue weighted by molar-refractivity contribution is 0.113. The number of hydrogen-bond acceptors (Lipinski definition) is 4. The van der Waals surface area contributed by atoms with Gasteiger partial charge in [0.05, 0.1) is 0 Å². The van der Waals surface area contributed by atoms with Gasteiger partial charge in [-0.3, -0.25) is 11.3 Å². The number of nitrogens with one attached hydrogen (secondary N) is 2. The highest BCUT2D eigenvalue weighted by atomic mass is 15.6. The Morgan fingerprint density at radius 1 is 1.17 bits per heavy atom. The highest BCUT2D eigenvalue weighted by Gasteiger charge is 2.36. The second-order valence-electron chi connectivity index (χ2n) is 3.85. The molecule has 72 valence electrons. The molecular formula is C6H18N6. The molecular weight excluding hydrogens is 156 g/mol. The van der Waals surface area contributed by atoms with Gasteiger partial charge in [-0.05, 0) is 6.92 Å². The third-order valence-corrected chi connectivity index (χ3v) is 2.12. The minimum absolute atomic E-state index is 0.101. The SMILES string of the molecule is CC(C)(C)[C@](C)(NN)NN=NN. The molecule has 0 aromatic rings. The van der Waals surface area contributed by atoms with E-state index in [0.717, 1.165) is 0 Å². The quantitative estimate of drug-likeness (QED) is 0.210. The molecule has 0 spiro atoms. The average molecular weight is 174 g/mol. The summed E-state index contributed by atoms with van der Waals surface area (Å²) in [4.78, 5) is 0. The van der Waals surface area contributed by atoms with Gasteiger partial charge in [0.1, 0.15) is 5.66 Å². The molecule has 6 nitrogen and oxygen atoms in total. The Labute approximate surface area is 72.7 Å². The molecule has 0 amide bonds. The first-order chi connectivity index (χ1) is 5.37. The first-order valence-corrected chi connectivity index (χ1v) is 3.72. The van der Waals surface area contributed by atoms with Crippen molar-refractivity contribution in [3.8, 4) is 0 Å². The van der Waals surface area contributed by atoms with Crippen molar-refractivity contribution in [1.29, 1.82) is 0 Å². The normalized spacial score (nSPS) is 17.8. The van der Waals surface area contributed by atoms with E-state index in [1.54, 1.807) is 0 Å². The van der Waals surface area contributed by atoms with E-state index in [1.165, 1.54) is 0 Å². The van der Waals surface area contributed by atoms with Crippen LogP contribution in [0.25, 0.3) is 0 Å². The molecule has 0 aliphatic heterocycles. The molecule has 0 aromatic heterocycles. The van der Waals surface area contributed by atoms with E-state index >= 15 is 0 Å². The van der Waals surface area contributed by atoms with Crippen molar-refractivity contribution >= 4 is 0 Å². The van der Waals surface area contributed by atoms with E-state index in [1.807, 2.05) is 27.7 Å². The smallest absolute Gasteiger partial charge is 0.120 e.